The summed E-state index contributed by atoms with van der Waals surface area (Å²) in [5.41, 5.74) is 2.90. The number of rotatable bonds is 2. The molecule has 2 aliphatic heterocycles. The first-order valence-corrected chi connectivity index (χ1v) is 8.69. The highest BCUT2D eigenvalue weighted by Crippen LogP contribution is 2.25. The Bertz CT molecular complexity index is 677. The van der Waals surface area contributed by atoms with Crippen molar-refractivity contribution in [2.75, 3.05) is 29.4 Å². The van der Waals surface area contributed by atoms with Gasteiger partial charge in [0.2, 0.25) is 5.95 Å². The average Bonchev–Trinajstić information content (AvgIpc) is 2.62. The molecule has 0 atom stereocenters. The van der Waals surface area contributed by atoms with Crippen molar-refractivity contribution >= 4 is 11.8 Å². The lowest BCUT2D eigenvalue weighted by Gasteiger charge is -2.32. The number of piperidine rings is 1. The third-order valence-electron chi connectivity index (χ3n) is 5.15. The summed E-state index contributed by atoms with van der Waals surface area (Å²) >= 11 is 0. The second kappa shape index (κ2) is 6.19. The van der Waals surface area contributed by atoms with Crippen molar-refractivity contribution in [3.8, 4) is 0 Å². The summed E-state index contributed by atoms with van der Waals surface area (Å²) < 4.78 is 0. The van der Waals surface area contributed by atoms with Crippen LogP contribution in [0.5, 0.6) is 0 Å². The van der Waals surface area contributed by atoms with Crippen molar-refractivity contribution < 1.29 is 0 Å². The largest absolute Gasteiger partial charge is 0.352 e. The molecule has 0 unspecified atom stereocenters. The van der Waals surface area contributed by atoms with E-state index in [-0.39, 0.29) is 0 Å². The van der Waals surface area contributed by atoms with Gasteiger partial charge in [-0.3, -0.25) is 0 Å². The minimum absolute atomic E-state index is 0.827. The molecule has 1 aromatic carbocycles. The van der Waals surface area contributed by atoms with Crippen LogP contribution in [0.4, 0.5) is 11.8 Å². The molecule has 0 spiro atoms. The van der Waals surface area contributed by atoms with Gasteiger partial charge in [0.05, 0.1) is 0 Å². The molecule has 0 amide bonds. The number of hydrogen-bond acceptors (Lipinski definition) is 4. The average molecular weight is 308 g/mol. The standard InChI is InChI=1S/C19H24N4/c1-15-7-11-22(12-8-15)19-20-10-6-18(21-19)23-13-9-16-4-2-3-5-17(16)14-23/h2-6,10,15H,7-9,11-14H2,1H3. The monoisotopic (exact) mass is 308 g/mol. The zero-order valence-corrected chi connectivity index (χ0v) is 13.8. The summed E-state index contributed by atoms with van der Waals surface area (Å²) in [6, 6.07) is 10.8. The second-order valence-corrected chi connectivity index (χ2v) is 6.82. The summed E-state index contributed by atoms with van der Waals surface area (Å²) in [5.74, 6) is 2.78. The topological polar surface area (TPSA) is 32.3 Å². The molecule has 120 valence electrons. The molecule has 23 heavy (non-hydrogen) atoms. The Balaban J connectivity index is 1.53. The molecule has 1 fully saturated rings. The summed E-state index contributed by atoms with van der Waals surface area (Å²) in [4.78, 5) is 14.1. The quantitative estimate of drug-likeness (QED) is 0.852. The van der Waals surface area contributed by atoms with Crippen molar-refractivity contribution in [3.05, 3.63) is 47.7 Å². The number of benzene rings is 1. The SMILES string of the molecule is CC1CCN(c2nccc(N3CCc4ccccc4C3)n2)CC1. The van der Waals surface area contributed by atoms with E-state index in [1.54, 1.807) is 0 Å². The first kappa shape index (κ1) is 14.5. The van der Waals surface area contributed by atoms with Crippen molar-refractivity contribution in [2.45, 2.75) is 32.7 Å². The van der Waals surface area contributed by atoms with E-state index in [1.807, 2.05) is 12.3 Å². The van der Waals surface area contributed by atoms with Gasteiger partial charge in [0.25, 0.3) is 0 Å². The molecule has 0 N–H and O–H groups in total. The Morgan fingerprint density at radius 2 is 1.74 bits per heavy atom. The lowest BCUT2D eigenvalue weighted by atomic mass is 9.99. The van der Waals surface area contributed by atoms with Crippen LogP contribution in [0, 0.1) is 5.92 Å². The van der Waals surface area contributed by atoms with E-state index in [4.69, 9.17) is 4.98 Å². The Morgan fingerprint density at radius 3 is 2.57 bits per heavy atom. The van der Waals surface area contributed by atoms with Gasteiger partial charge >= 0.3 is 0 Å². The molecule has 1 saturated heterocycles. The lowest BCUT2D eigenvalue weighted by molar-refractivity contribution is 0.434. The van der Waals surface area contributed by atoms with Gasteiger partial charge in [-0.05, 0) is 42.4 Å². The molecular weight excluding hydrogens is 284 g/mol. The first-order valence-electron chi connectivity index (χ1n) is 8.69. The van der Waals surface area contributed by atoms with Crippen molar-refractivity contribution in [2.24, 2.45) is 5.92 Å². The van der Waals surface area contributed by atoms with Crippen LogP contribution in [-0.2, 0) is 13.0 Å². The Kier molecular flexibility index (Phi) is 3.90. The molecule has 3 heterocycles. The van der Waals surface area contributed by atoms with Crippen molar-refractivity contribution in [3.63, 3.8) is 0 Å². The maximum Gasteiger partial charge on any atom is 0.227 e. The lowest BCUT2D eigenvalue weighted by Crippen LogP contribution is -2.35. The molecule has 4 rings (SSSR count). The van der Waals surface area contributed by atoms with Gasteiger partial charge in [-0.1, -0.05) is 31.2 Å². The summed E-state index contributed by atoms with van der Waals surface area (Å²) in [6.07, 6.45) is 5.49. The molecule has 2 aliphatic rings. The van der Waals surface area contributed by atoms with E-state index in [9.17, 15) is 0 Å². The Hall–Kier alpha value is -2.10. The number of fused-ring (bicyclic) bond motifs is 1. The van der Waals surface area contributed by atoms with Gasteiger partial charge in [0.1, 0.15) is 5.82 Å². The van der Waals surface area contributed by atoms with E-state index in [0.717, 1.165) is 50.3 Å². The molecule has 0 radical (unpaired) electrons. The van der Waals surface area contributed by atoms with Gasteiger partial charge in [-0.2, -0.15) is 4.98 Å². The van der Waals surface area contributed by atoms with Crippen molar-refractivity contribution in [1.29, 1.82) is 0 Å². The predicted octanol–water partition coefficient (Wildman–Crippen LogP) is 3.28. The van der Waals surface area contributed by atoms with Crippen LogP contribution in [0.1, 0.15) is 30.9 Å². The highest BCUT2D eigenvalue weighted by Gasteiger charge is 2.21. The number of hydrogen-bond donors (Lipinski definition) is 0. The van der Waals surface area contributed by atoms with Gasteiger partial charge in [0, 0.05) is 32.4 Å². The smallest absolute Gasteiger partial charge is 0.227 e. The maximum absolute atomic E-state index is 4.86. The predicted molar refractivity (Wildman–Crippen MR) is 93.8 cm³/mol. The van der Waals surface area contributed by atoms with E-state index in [2.05, 4.69) is 46.0 Å². The van der Waals surface area contributed by atoms with Crippen LogP contribution < -0.4 is 9.80 Å². The van der Waals surface area contributed by atoms with E-state index in [1.165, 1.54) is 24.0 Å². The highest BCUT2D eigenvalue weighted by molar-refractivity contribution is 5.47. The zero-order chi connectivity index (χ0) is 15.6. The van der Waals surface area contributed by atoms with E-state index in [0.29, 0.717) is 0 Å². The third-order valence-corrected chi connectivity index (χ3v) is 5.15. The Labute approximate surface area is 138 Å². The molecular formula is C19H24N4. The Morgan fingerprint density at radius 1 is 0.957 bits per heavy atom. The normalized spacial score (nSPS) is 18.8. The first-order chi connectivity index (χ1) is 11.3. The van der Waals surface area contributed by atoms with Crippen LogP contribution in [0.15, 0.2) is 36.5 Å². The van der Waals surface area contributed by atoms with Gasteiger partial charge < -0.3 is 9.80 Å². The number of anilines is 2. The fourth-order valence-corrected chi connectivity index (χ4v) is 3.57. The minimum atomic E-state index is 0.827. The summed E-state index contributed by atoms with van der Waals surface area (Å²) in [5, 5.41) is 0. The summed E-state index contributed by atoms with van der Waals surface area (Å²) in [7, 11) is 0. The second-order valence-electron chi connectivity index (χ2n) is 6.82. The van der Waals surface area contributed by atoms with Gasteiger partial charge in [-0.15, -0.1) is 0 Å². The van der Waals surface area contributed by atoms with Crippen LogP contribution in [0.2, 0.25) is 0 Å². The van der Waals surface area contributed by atoms with Crippen molar-refractivity contribution in [1.82, 2.24) is 9.97 Å². The molecule has 0 saturated carbocycles. The van der Waals surface area contributed by atoms with E-state index >= 15 is 0 Å². The number of nitrogens with zero attached hydrogens (tertiary/aromatic N) is 4. The maximum atomic E-state index is 4.86. The molecule has 2 aromatic rings. The van der Waals surface area contributed by atoms with Gasteiger partial charge in [-0.25, -0.2) is 4.98 Å². The van der Waals surface area contributed by atoms with Crippen LogP contribution in [0.25, 0.3) is 0 Å². The summed E-state index contributed by atoms with van der Waals surface area (Å²) in [6.45, 7) is 6.47. The molecule has 4 heteroatoms. The van der Waals surface area contributed by atoms with E-state index < -0.39 is 0 Å². The molecule has 0 aliphatic carbocycles. The van der Waals surface area contributed by atoms with Crippen LogP contribution in [0.3, 0.4) is 0 Å². The fourth-order valence-electron chi connectivity index (χ4n) is 3.57. The molecule has 0 bridgehead atoms. The zero-order valence-electron chi connectivity index (χ0n) is 13.8. The fraction of sp³-hybridized carbons (Fsp3) is 0.474. The third kappa shape index (κ3) is 3.03. The minimum Gasteiger partial charge on any atom is -0.352 e. The van der Waals surface area contributed by atoms with Gasteiger partial charge in [0.15, 0.2) is 0 Å². The highest BCUT2D eigenvalue weighted by atomic mass is 15.3. The molecule has 1 aromatic heterocycles. The number of aromatic nitrogens is 2. The van der Waals surface area contributed by atoms with Crippen LogP contribution in [-0.4, -0.2) is 29.6 Å². The molecule has 4 nitrogen and oxygen atoms in total. The van der Waals surface area contributed by atoms with Crippen LogP contribution >= 0.6 is 0 Å².